The van der Waals surface area contributed by atoms with E-state index in [1.165, 1.54) is 82.1 Å². The Morgan fingerprint density at radius 2 is 0.853 bits per heavy atom. The summed E-state index contributed by atoms with van der Waals surface area (Å²) in [5.41, 5.74) is 21.6. The molecule has 3 aliphatic rings. The summed E-state index contributed by atoms with van der Waals surface area (Å²) in [7, 11) is 0. The summed E-state index contributed by atoms with van der Waals surface area (Å²) in [4.78, 5) is 5.08. The molecule has 12 aromatic carbocycles. The Hall–Kier alpha value is -9.15. The third-order valence-corrected chi connectivity index (χ3v) is 17.8. The second-order valence-corrected chi connectivity index (χ2v) is 21.3. The fourth-order valence-corrected chi connectivity index (χ4v) is 14.8. The van der Waals surface area contributed by atoms with E-state index in [1.807, 2.05) is 11.8 Å². The van der Waals surface area contributed by atoms with E-state index >= 15 is 0 Å². The van der Waals surface area contributed by atoms with Crippen molar-refractivity contribution in [3.05, 3.63) is 317 Å². The molecular weight excluding hydrogens is 927 g/mol. The Bertz CT molecular complexity index is 4370. The molecule has 1 spiro atoms. The number of fused-ring (bicyclic) bond motifs is 17. The Labute approximate surface area is 439 Å². The van der Waals surface area contributed by atoms with E-state index in [2.05, 4.69) is 278 Å². The predicted octanol–water partition coefficient (Wildman–Crippen LogP) is 19.1. The molecule has 0 saturated heterocycles. The van der Waals surface area contributed by atoms with Gasteiger partial charge < -0.3 is 9.32 Å². The van der Waals surface area contributed by atoms with Crippen LogP contribution in [0.1, 0.15) is 44.5 Å². The van der Waals surface area contributed by atoms with Crippen LogP contribution in [0.15, 0.2) is 287 Å². The van der Waals surface area contributed by atoms with Gasteiger partial charge in [0.2, 0.25) is 0 Å². The maximum atomic E-state index is 7.20. The molecule has 0 fully saturated rings. The van der Waals surface area contributed by atoms with E-state index in [0.29, 0.717) is 0 Å². The highest BCUT2D eigenvalue weighted by Crippen LogP contribution is 2.63. The lowest BCUT2D eigenvalue weighted by atomic mass is 9.67. The van der Waals surface area contributed by atoms with Crippen LogP contribution >= 0.6 is 11.8 Å². The molecule has 16 rings (SSSR count). The molecule has 0 saturated carbocycles. The number of rotatable bonds is 6. The molecule has 2 nitrogen and oxygen atoms in total. The molecule has 0 atom stereocenters. The van der Waals surface area contributed by atoms with Crippen molar-refractivity contribution in [2.24, 2.45) is 0 Å². The molecule has 0 unspecified atom stereocenters. The minimum Gasteiger partial charge on any atom is -0.453 e. The normalized spacial score (nSPS) is 14.0. The summed E-state index contributed by atoms with van der Waals surface area (Å²) in [6.07, 6.45) is 0. The highest BCUT2D eigenvalue weighted by atomic mass is 32.2. The van der Waals surface area contributed by atoms with Gasteiger partial charge in [-0.3, -0.25) is 0 Å². The average molecular weight is 972 g/mol. The van der Waals surface area contributed by atoms with Crippen molar-refractivity contribution in [2.75, 3.05) is 4.90 Å². The maximum absolute atomic E-state index is 7.20. The van der Waals surface area contributed by atoms with Gasteiger partial charge in [-0.05, 0) is 126 Å². The maximum Gasteiger partial charge on any atom is 0.159 e. The third kappa shape index (κ3) is 5.82. The van der Waals surface area contributed by atoms with Gasteiger partial charge in [0, 0.05) is 37.2 Å². The molecule has 0 bridgehead atoms. The molecule has 1 aromatic heterocycles. The van der Waals surface area contributed by atoms with E-state index in [9.17, 15) is 0 Å². The van der Waals surface area contributed by atoms with Gasteiger partial charge in [-0.1, -0.05) is 236 Å². The lowest BCUT2D eigenvalue weighted by Gasteiger charge is -2.39. The second-order valence-electron chi connectivity index (χ2n) is 20.2. The van der Waals surface area contributed by atoms with E-state index in [4.69, 9.17) is 4.42 Å². The summed E-state index contributed by atoms with van der Waals surface area (Å²) in [6.45, 7) is 0. The molecule has 0 radical (unpaired) electrons. The largest absolute Gasteiger partial charge is 0.453 e. The fraction of sp³-hybridized carbons (Fsp3) is 0.0278. The summed E-state index contributed by atoms with van der Waals surface area (Å²) in [5.74, 6) is 0. The van der Waals surface area contributed by atoms with Crippen molar-refractivity contribution in [3.8, 4) is 33.4 Å². The highest BCUT2D eigenvalue weighted by Gasteiger charge is 2.51. The van der Waals surface area contributed by atoms with Gasteiger partial charge in [0.1, 0.15) is 5.58 Å². The molecular formula is C72H45NOS. The number of anilines is 3. The van der Waals surface area contributed by atoms with Crippen LogP contribution in [-0.2, 0) is 10.8 Å². The van der Waals surface area contributed by atoms with Crippen molar-refractivity contribution in [2.45, 2.75) is 20.6 Å². The van der Waals surface area contributed by atoms with E-state index in [-0.39, 0.29) is 0 Å². The standard InChI is InChI=1S/C72H45NOS/c1-3-20-49(21-4-1)71(50-22-5-2-6-23-50)59-29-12-10-26-56(59)68-63(71)32-18-33-64(68)73(65-34-17-27-54-55-43-39-47-19-7-8-24-52(47)69(55)74-70(54)65)51-41-37-46(38-42-51)48-40-44-60-57(45-48)53-25-9-11-28-58(53)72(60)61-30-13-15-35-66(61)75-67-36-16-14-31-62(67)72/h1-45H. The van der Waals surface area contributed by atoms with Crippen molar-refractivity contribution in [1.82, 2.24) is 0 Å². The lowest BCUT2D eigenvalue weighted by Crippen LogP contribution is -2.31. The first-order chi connectivity index (χ1) is 37.2. The van der Waals surface area contributed by atoms with E-state index < -0.39 is 10.8 Å². The molecule has 2 heterocycles. The van der Waals surface area contributed by atoms with Crippen molar-refractivity contribution in [1.29, 1.82) is 0 Å². The van der Waals surface area contributed by atoms with Crippen LogP contribution in [0.5, 0.6) is 0 Å². The van der Waals surface area contributed by atoms with Gasteiger partial charge in [-0.25, -0.2) is 0 Å². The molecule has 75 heavy (non-hydrogen) atoms. The average Bonchev–Trinajstić information content (AvgIpc) is 4.20. The molecule has 1 aliphatic heterocycles. The molecule has 0 N–H and O–H groups in total. The monoisotopic (exact) mass is 971 g/mol. The van der Waals surface area contributed by atoms with Crippen LogP contribution in [0.4, 0.5) is 17.1 Å². The SMILES string of the molecule is c1ccc(C2(c3ccccc3)c3ccccc3-c3c(N(c4ccc(-c5ccc6c(c5)-c5ccccc5C65c6ccccc6Sc6ccccc65)cc4)c4cccc5c4oc4c6ccccc6ccc54)cccc32)cc1. The first-order valence-electron chi connectivity index (χ1n) is 25.9. The minimum atomic E-state index is -0.560. The van der Waals surface area contributed by atoms with Crippen molar-refractivity contribution < 1.29 is 4.42 Å². The quantitative estimate of drug-likeness (QED) is 0.165. The number of nitrogens with zero attached hydrogens (tertiary/aromatic N) is 1. The van der Waals surface area contributed by atoms with Gasteiger partial charge in [-0.15, -0.1) is 0 Å². The molecule has 350 valence electrons. The first kappa shape index (κ1) is 42.4. The van der Waals surface area contributed by atoms with Crippen LogP contribution < -0.4 is 4.90 Å². The molecule has 13 aromatic rings. The Balaban J connectivity index is 0.911. The van der Waals surface area contributed by atoms with E-state index in [0.717, 1.165) is 55.3 Å². The smallest absolute Gasteiger partial charge is 0.159 e. The van der Waals surface area contributed by atoms with Gasteiger partial charge in [0.05, 0.1) is 22.2 Å². The van der Waals surface area contributed by atoms with Gasteiger partial charge >= 0.3 is 0 Å². The number of hydrogen-bond acceptors (Lipinski definition) is 3. The van der Waals surface area contributed by atoms with Gasteiger partial charge in [0.25, 0.3) is 0 Å². The zero-order valence-electron chi connectivity index (χ0n) is 40.7. The Kier molecular flexibility index (Phi) is 9.14. The van der Waals surface area contributed by atoms with Crippen LogP contribution in [-0.4, -0.2) is 0 Å². The van der Waals surface area contributed by atoms with Crippen LogP contribution in [0.2, 0.25) is 0 Å². The molecule has 2 aliphatic carbocycles. The topological polar surface area (TPSA) is 16.4 Å². The first-order valence-corrected chi connectivity index (χ1v) is 26.7. The van der Waals surface area contributed by atoms with Crippen LogP contribution in [0.3, 0.4) is 0 Å². The summed E-state index contributed by atoms with van der Waals surface area (Å²) < 4.78 is 7.20. The highest BCUT2D eigenvalue weighted by molar-refractivity contribution is 7.99. The number of para-hydroxylation sites is 1. The zero-order valence-corrected chi connectivity index (χ0v) is 41.6. The van der Waals surface area contributed by atoms with Gasteiger partial charge in [0.15, 0.2) is 5.58 Å². The van der Waals surface area contributed by atoms with Crippen molar-refractivity contribution >= 4 is 61.5 Å². The van der Waals surface area contributed by atoms with Crippen LogP contribution in [0, 0.1) is 0 Å². The molecule has 0 amide bonds. The summed E-state index contributed by atoms with van der Waals surface area (Å²) in [5, 5.41) is 4.46. The zero-order chi connectivity index (χ0) is 49.2. The van der Waals surface area contributed by atoms with Gasteiger partial charge in [-0.2, -0.15) is 0 Å². The third-order valence-electron chi connectivity index (χ3n) is 16.6. The lowest BCUT2D eigenvalue weighted by molar-refractivity contribution is 0.673. The Morgan fingerprint density at radius 3 is 1.59 bits per heavy atom. The minimum absolute atomic E-state index is 0.412. The van der Waals surface area contributed by atoms with Crippen LogP contribution in [0.25, 0.3) is 66.1 Å². The number of furan rings is 1. The number of benzene rings is 12. The van der Waals surface area contributed by atoms with Crippen molar-refractivity contribution in [3.63, 3.8) is 0 Å². The fourth-order valence-electron chi connectivity index (χ4n) is 13.6. The summed E-state index contributed by atoms with van der Waals surface area (Å²) >= 11 is 1.89. The summed E-state index contributed by atoms with van der Waals surface area (Å²) in [6, 6.07) is 101. The number of hydrogen-bond donors (Lipinski definition) is 0. The van der Waals surface area contributed by atoms with E-state index in [1.54, 1.807) is 0 Å². The predicted molar refractivity (Wildman–Crippen MR) is 310 cm³/mol. The molecule has 3 heteroatoms. The Morgan fingerprint density at radius 1 is 0.320 bits per heavy atom. The second kappa shape index (κ2) is 16.2.